The summed E-state index contributed by atoms with van der Waals surface area (Å²) in [7, 11) is 0. The molecule has 0 aliphatic rings. The molecule has 0 aliphatic heterocycles. The van der Waals surface area contributed by atoms with Crippen LogP contribution in [0.1, 0.15) is 18.9 Å². The topological polar surface area (TPSA) is 29.5 Å². The second-order valence-corrected chi connectivity index (χ2v) is 3.26. The lowest BCUT2D eigenvalue weighted by Crippen LogP contribution is -1.95. The van der Waals surface area contributed by atoms with Crippen LogP contribution in [0.3, 0.4) is 0 Å². The van der Waals surface area contributed by atoms with Crippen molar-refractivity contribution in [2.75, 3.05) is 6.61 Å². The lowest BCUT2D eigenvalue weighted by atomic mass is 10.2. The Morgan fingerprint density at radius 3 is 2.71 bits per heavy atom. The molecule has 1 rings (SSSR count). The van der Waals surface area contributed by atoms with Gasteiger partial charge in [-0.05, 0) is 24.5 Å². The second-order valence-electron chi connectivity index (χ2n) is 3.26. The first-order valence-electron chi connectivity index (χ1n) is 4.74. The van der Waals surface area contributed by atoms with Crippen molar-refractivity contribution in [1.29, 1.82) is 0 Å². The minimum absolute atomic E-state index is 0.638. The van der Waals surface area contributed by atoms with E-state index in [-0.39, 0.29) is 0 Å². The van der Waals surface area contributed by atoms with Gasteiger partial charge in [-0.15, -0.1) is 0 Å². The average molecular weight is 192 g/mol. The fourth-order valence-corrected chi connectivity index (χ4v) is 1.06. The quantitative estimate of drug-likeness (QED) is 0.574. The highest BCUT2D eigenvalue weighted by molar-refractivity contribution is 5.13. The van der Waals surface area contributed by atoms with Gasteiger partial charge in [0.1, 0.15) is 0 Å². The van der Waals surface area contributed by atoms with Gasteiger partial charge in [-0.1, -0.05) is 30.3 Å². The van der Waals surface area contributed by atoms with Crippen LogP contribution in [-0.4, -0.2) is 11.7 Å². The van der Waals surface area contributed by atoms with Gasteiger partial charge in [-0.3, -0.25) is 0 Å². The van der Waals surface area contributed by atoms with E-state index in [1.807, 2.05) is 37.3 Å². The van der Waals surface area contributed by atoms with E-state index in [0.717, 1.165) is 18.3 Å². The van der Waals surface area contributed by atoms with E-state index in [9.17, 15) is 0 Å². The van der Waals surface area contributed by atoms with Gasteiger partial charge in [0.25, 0.3) is 0 Å². The first-order valence-corrected chi connectivity index (χ1v) is 4.74. The van der Waals surface area contributed by atoms with Crippen LogP contribution in [0.4, 0.5) is 0 Å². The molecule has 1 aromatic carbocycles. The molecule has 1 N–H and O–H groups in total. The normalized spacial score (nSPS) is 11.6. The Hall–Kier alpha value is -1.28. The molecular weight excluding hydrogens is 176 g/mol. The molecule has 0 fully saturated rings. The lowest BCUT2D eigenvalue weighted by molar-refractivity contribution is 0.123. The number of hydrogen-bond acceptors (Lipinski definition) is 2. The van der Waals surface area contributed by atoms with Crippen molar-refractivity contribution in [2.24, 2.45) is 0 Å². The zero-order valence-electron chi connectivity index (χ0n) is 8.44. The van der Waals surface area contributed by atoms with Crippen LogP contribution in [0.15, 0.2) is 42.2 Å². The van der Waals surface area contributed by atoms with Crippen LogP contribution in [-0.2, 0) is 11.3 Å². The summed E-state index contributed by atoms with van der Waals surface area (Å²) < 4.78 is 5.44. The van der Waals surface area contributed by atoms with Crippen LogP contribution >= 0.6 is 0 Å². The van der Waals surface area contributed by atoms with E-state index < -0.39 is 0 Å². The van der Waals surface area contributed by atoms with Crippen molar-refractivity contribution in [1.82, 2.24) is 0 Å². The van der Waals surface area contributed by atoms with Crippen molar-refractivity contribution >= 4 is 0 Å². The molecule has 0 bridgehead atoms. The number of benzene rings is 1. The number of ether oxygens (including phenoxy) is 1. The number of aliphatic hydroxyl groups excluding tert-OH is 1. The van der Waals surface area contributed by atoms with E-state index in [1.54, 1.807) is 0 Å². The molecule has 0 heterocycles. The smallest absolute Gasteiger partial charge is 0.0781 e. The zero-order valence-corrected chi connectivity index (χ0v) is 8.44. The summed E-state index contributed by atoms with van der Waals surface area (Å²) in [5.74, 6) is 0. The third-order valence-electron chi connectivity index (χ3n) is 1.97. The molecule has 0 saturated heterocycles. The second kappa shape index (κ2) is 6.22. The average Bonchev–Trinajstić information content (AvgIpc) is 2.25. The van der Waals surface area contributed by atoms with E-state index in [0.29, 0.717) is 13.2 Å². The van der Waals surface area contributed by atoms with Gasteiger partial charge in [0.05, 0.1) is 19.5 Å². The molecule has 0 saturated carbocycles. The molecule has 76 valence electrons. The van der Waals surface area contributed by atoms with Crippen molar-refractivity contribution < 1.29 is 9.84 Å². The predicted octanol–water partition coefficient (Wildman–Crippen LogP) is 3.06. The molecular formula is C12H16O2. The first kappa shape index (κ1) is 10.8. The summed E-state index contributed by atoms with van der Waals surface area (Å²) in [4.78, 5) is 0. The predicted molar refractivity (Wildman–Crippen MR) is 57.1 cm³/mol. The zero-order chi connectivity index (χ0) is 10.2. The number of rotatable bonds is 5. The Bertz CT molecular complexity index is 278. The van der Waals surface area contributed by atoms with E-state index >= 15 is 0 Å². The maximum atomic E-state index is 8.63. The van der Waals surface area contributed by atoms with Crippen LogP contribution in [0.2, 0.25) is 0 Å². The maximum absolute atomic E-state index is 8.63. The van der Waals surface area contributed by atoms with E-state index in [4.69, 9.17) is 9.84 Å². The summed E-state index contributed by atoms with van der Waals surface area (Å²) in [5.41, 5.74) is 2.12. The Balaban J connectivity index is 2.17. The van der Waals surface area contributed by atoms with Gasteiger partial charge in [0, 0.05) is 0 Å². The molecule has 0 aliphatic carbocycles. The highest BCUT2D eigenvalue weighted by Gasteiger charge is 1.93. The molecule has 0 spiro atoms. The Labute approximate surface area is 84.8 Å². The molecule has 1 aromatic rings. The Morgan fingerprint density at radius 2 is 2.07 bits per heavy atom. The van der Waals surface area contributed by atoms with Crippen molar-refractivity contribution in [2.45, 2.75) is 20.0 Å². The molecule has 2 nitrogen and oxygen atoms in total. The minimum atomic E-state index is 0.638. The largest absolute Gasteiger partial charge is 0.516 e. The van der Waals surface area contributed by atoms with Crippen molar-refractivity contribution in [3.05, 3.63) is 47.7 Å². The van der Waals surface area contributed by atoms with Crippen LogP contribution < -0.4 is 0 Å². The maximum Gasteiger partial charge on any atom is 0.0781 e. The lowest BCUT2D eigenvalue weighted by Gasteiger charge is -2.03. The molecule has 0 radical (unpaired) electrons. The Kier molecular flexibility index (Phi) is 4.79. The van der Waals surface area contributed by atoms with Crippen molar-refractivity contribution in [3.63, 3.8) is 0 Å². The summed E-state index contributed by atoms with van der Waals surface area (Å²) in [5, 5.41) is 8.63. The molecule has 0 aromatic heterocycles. The van der Waals surface area contributed by atoms with Crippen LogP contribution in [0.25, 0.3) is 0 Å². The standard InChI is InChI=1S/C12H16O2/c1-11(9-13)7-8-14-10-12-5-3-2-4-6-12/h2-6,9,13H,7-8,10H2,1H3. The van der Waals surface area contributed by atoms with Gasteiger partial charge in [0.15, 0.2) is 0 Å². The molecule has 2 heteroatoms. The van der Waals surface area contributed by atoms with Gasteiger partial charge < -0.3 is 9.84 Å². The van der Waals surface area contributed by atoms with Crippen molar-refractivity contribution in [3.8, 4) is 0 Å². The minimum Gasteiger partial charge on any atom is -0.516 e. The third-order valence-corrected chi connectivity index (χ3v) is 1.97. The first-order chi connectivity index (χ1) is 6.83. The molecule has 0 atom stereocenters. The molecule has 0 unspecified atom stereocenters. The highest BCUT2D eigenvalue weighted by Crippen LogP contribution is 2.03. The van der Waals surface area contributed by atoms with Crippen LogP contribution in [0.5, 0.6) is 0 Å². The number of hydrogen-bond donors (Lipinski definition) is 1. The summed E-state index contributed by atoms with van der Waals surface area (Å²) >= 11 is 0. The summed E-state index contributed by atoms with van der Waals surface area (Å²) in [6.45, 7) is 3.17. The Morgan fingerprint density at radius 1 is 1.36 bits per heavy atom. The monoisotopic (exact) mass is 192 g/mol. The highest BCUT2D eigenvalue weighted by atomic mass is 16.5. The van der Waals surface area contributed by atoms with Gasteiger partial charge in [-0.25, -0.2) is 0 Å². The summed E-state index contributed by atoms with van der Waals surface area (Å²) in [6.07, 6.45) is 1.91. The molecule has 14 heavy (non-hydrogen) atoms. The van der Waals surface area contributed by atoms with Gasteiger partial charge >= 0.3 is 0 Å². The van der Waals surface area contributed by atoms with Crippen LogP contribution in [0, 0.1) is 0 Å². The van der Waals surface area contributed by atoms with Gasteiger partial charge in [0.2, 0.25) is 0 Å². The van der Waals surface area contributed by atoms with E-state index in [1.165, 1.54) is 5.56 Å². The molecule has 0 amide bonds. The van der Waals surface area contributed by atoms with E-state index in [2.05, 4.69) is 0 Å². The number of aliphatic hydroxyl groups is 1. The fraction of sp³-hybridized carbons (Fsp3) is 0.333. The third kappa shape index (κ3) is 4.10. The summed E-state index contributed by atoms with van der Waals surface area (Å²) in [6, 6.07) is 10.1. The SMILES string of the molecule is CC(=CO)CCOCc1ccccc1. The fourth-order valence-electron chi connectivity index (χ4n) is 1.06. The van der Waals surface area contributed by atoms with Gasteiger partial charge in [-0.2, -0.15) is 0 Å².